The Balaban J connectivity index is 1.43. The second kappa shape index (κ2) is 6.16. The molecular weight excluding hydrogens is 324 g/mol. The van der Waals surface area contributed by atoms with Gasteiger partial charge in [-0.1, -0.05) is 20.8 Å². The summed E-state index contributed by atoms with van der Waals surface area (Å²) in [5.41, 5.74) is 1.22. The fourth-order valence-corrected chi connectivity index (χ4v) is 3.98. The number of thiazole rings is 1. The van der Waals surface area contributed by atoms with Crippen molar-refractivity contribution in [2.75, 3.05) is 19.7 Å². The molecule has 8 heteroatoms. The van der Waals surface area contributed by atoms with Crippen LogP contribution in [0.2, 0.25) is 0 Å². The summed E-state index contributed by atoms with van der Waals surface area (Å²) in [6, 6.07) is 0.514. The van der Waals surface area contributed by atoms with Gasteiger partial charge in [-0.05, 0) is 23.3 Å². The zero-order valence-corrected chi connectivity index (χ0v) is 15.3. The molecule has 2 aliphatic rings. The van der Waals surface area contributed by atoms with Gasteiger partial charge in [-0.25, -0.2) is 9.67 Å². The first-order valence-corrected chi connectivity index (χ1v) is 9.45. The fourth-order valence-electron chi connectivity index (χ4n) is 2.89. The SMILES string of the molecule is CC(C)(C)c1csc([C@@H]2CN(Cc3nnnn3C3CC3)CCO2)n1. The number of ether oxygens (including phenoxy) is 1. The van der Waals surface area contributed by atoms with Gasteiger partial charge >= 0.3 is 0 Å². The van der Waals surface area contributed by atoms with E-state index in [0.717, 1.165) is 42.8 Å². The minimum absolute atomic E-state index is 0.0464. The highest BCUT2D eigenvalue weighted by Gasteiger charge is 2.30. The van der Waals surface area contributed by atoms with Crippen molar-refractivity contribution in [2.24, 2.45) is 0 Å². The highest BCUT2D eigenvalue weighted by Crippen LogP contribution is 2.35. The van der Waals surface area contributed by atoms with Crippen LogP contribution in [0, 0.1) is 0 Å². The molecule has 24 heavy (non-hydrogen) atoms. The molecular formula is C16H24N6OS. The molecule has 0 bridgehead atoms. The van der Waals surface area contributed by atoms with Crippen LogP contribution in [-0.4, -0.2) is 49.8 Å². The second-order valence-electron chi connectivity index (χ2n) is 7.69. The first-order valence-electron chi connectivity index (χ1n) is 8.57. The van der Waals surface area contributed by atoms with Crippen molar-refractivity contribution in [2.45, 2.75) is 57.7 Å². The number of tetrazole rings is 1. The summed E-state index contributed by atoms with van der Waals surface area (Å²) < 4.78 is 7.97. The Morgan fingerprint density at radius 3 is 2.88 bits per heavy atom. The molecule has 1 atom stereocenters. The monoisotopic (exact) mass is 348 g/mol. The van der Waals surface area contributed by atoms with E-state index < -0.39 is 0 Å². The van der Waals surface area contributed by atoms with Crippen LogP contribution in [0.3, 0.4) is 0 Å². The fraction of sp³-hybridized carbons (Fsp3) is 0.750. The van der Waals surface area contributed by atoms with Gasteiger partial charge in [0.05, 0.1) is 24.9 Å². The van der Waals surface area contributed by atoms with Crippen molar-refractivity contribution in [3.05, 3.63) is 21.9 Å². The number of rotatable bonds is 4. The van der Waals surface area contributed by atoms with Gasteiger partial charge in [0.25, 0.3) is 0 Å². The molecule has 0 N–H and O–H groups in total. The Bertz CT molecular complexity index is 701. The van der Waals surface area contributed by atoms with E-state index in [4.69, 9.17) is 9.72 Å². The van der Waals surface area contributed by atoms with Crippen LogP contribution in [-0.2, 0) is 16.7 Å². The van der Waals surface area contributed by atoms with Crippen LogP contribution < -0.4 is 0 Å². The van der Waals surface area contributed by atoms with Gasteiger partial charge in [0.15, 0.2) is 5.82 Å². The molecule has 0 unspecified atom stereocenters. The quantitative estimate of drug-likeness (QED) is 0.845. The molecule has 4 rings (SSSR count). The number of morpholine rings is 1. The summed E-state index contributed by atoms with van der Waals surface area (Å²) in [5, 5.41) is 15.4. The highest BCUT2D eigenvalue weighted by molar-refractivity contribution is 7.09. The smallest absolute Gasteiger partial charge is 0.165 e. The number of aromatic nitrogens is 5. The van der Waals surface area contributed by atoms with Crippen LogP contribution in [0.25, 0.3) is 0 Å². The molecule has 1 aliphatic heterocycles. The minimum Gasteiger partial charge on any atom is -0.368 e. The Morgan fingerprint density at radius 1 is 1.33 bits per heavy atom. The molecule has 7 nitrogen and oxygen atoms in total. The lowest BCUT2D eigenvalue weighted by Gasteiger charge is -2.31. The predicted octanol–water partition coefficient (Wildman–Crippen LogP) is 2.34. The second-order valence-corrected chi connectivity index (χ2v) is 8.58. The first kappa shape index (κ1) is 16.1. The third-order valence-corrected chi connectivity index (χ3v) is 5.47. The topological polar surface area (TPSA) is 69.0 Å². The summed E-state index contributed by atoms with van der Waals surface area (Å²) in [6.45, 7) is 9.83. The maximum Gasteiger partial charge on any atom is 0.165 e. The Labute approximate surface area is 146 Å². The molecule has 2 fully saturated rings. The van der Waals surface area contributed by atoms with E-state index >= 15 is 0 Å². The molecule has 3 heterocycles. The third kappa shape index (κ3) is 3.36. The zero-order valence-electron chi connectivity index (χ0n) is 14.5. The van der Waals surface area contributed by atoms with Crippen molar-refractivity contribution in [3.63, 3.8) is 0 Å². The van der Waals surface area contributed by atoms with Crippen LogP contribution in [0.1, 0.15) is 62.3 Å². The lowest BCUT2D eigenvalue weighted by atomic mass is 9.93. The van der Waals surface area contributed by atoms with E-state index in [1.165, 1.54) is 12.8 Å². The lowest BCUT2D eigenvalue weighted by molar-refractivity contribution is -0.0342. The summed E-state index contributed by atoms with van der Waals surface area (Å²) in [7, 11) is 0. The van der Waals surface area contributed by atoms with E-state index in [1.54, 1.807) is 11.3 Å². The molecule has 2 aromatic rings. The van der Waals surface area contributed by atoms with E-state index in [1.807, 2.05) is 4.68 Å². The van der Waals surface area contributed by atoms with Gasteiger partial charge in [-0.2, -0.15) is 0 Å². The summed E-state index contributed by atoms with van der Waals surface area (Å²) in [6.07, 6.45) is 2.43. The molecule has 2 aromatic heterocycles. The number of hydrogen-bond acceptors (Lipinski definition) is 7. The zero-order chi connectivity index (χ0) is 16.7. The molecule has 0 spiro atoms. The molecule has 130 valence electrons. The summed E-state index contributed by atoms with van der Waals surface area (Å²) in [4.78, 5) is 7.19. The minimum atomic E-state index is 0.0464. The molecule has 0 amide bonds. The maximum absolute atomic E-state index is 5.98. The largest absolute Gasteiger partial charge is 0.368 e. The number of nitrogens with zero attached hydrogens (tertiary/aromatic N) is 6. The maximum atomic E-state index is 5.98. The van der Waals surface area contributed by atoms with E-state index in [2.05, 4.69) is 46.6 Å². The highest BCUT2D eigenvalue weighted by atomic mass is 32.1. The van der Waals surface area contributed by atoms with Crippen LogP contribution in [0.15, 0.2) is 5.38 Å². The Morgan fingerprint density at radius 2 is 2.17 bits per heavy atom. The average molecular weight is 348 g/mol. The van der Waals surface area contributed by atoms with Crippen molar-refractivity contribution >= 4 is 11.3 Å². The lowest BCUT2D eigenvalue weighted by Crippen LogP contribution is -2.38. The number of hydrogen-bond donors (Lipinski definition) is 0. The summed E-state index contributed by atoms with van der Waals surface area (Å²) >= 11 is 1.70. The van der Waals surface area contributed by atoms with Gasteiger partial charge in [-0.15, -0.1) is 16.4 Å². The van der Waals surface area contributed by atoms with Gasteiger partial charge in [-0.3, -0.25) is 4.90 Å². The van der Waals surface area contributed by atoms with Crippen molar-refractivity contribution in [3.8, 4) is 0 Å². The van der Waals surface area contributed by atoms with E-state index in [-0.39, 0.29) is 11.5 Å². The molecule has 1 saturated carbocycles. The third-order valence-electron chi connectivity index (χ3n) is 4.54. The normalized spacial score (nSPS) is 22.9. The molecule has 0 aromatic carbocycles. The summed E-state index contributed by atoms with van der Waals surface area (Å²) in [5.74, 6) is 0.965. The van der Waals surface area contributed by atoms with Crippen LogP contribution >= 0.6 is 11.3 Å². The predicted molar refractivity (Wildman–Crippen MR) is 90.9 cm³/mol. The molecule has 1 saturated heterocycles. The van der Waals surface area contributed by atoms with Crippen LogP contribution in [0.5, 0.6) is 0 Å². The standard InChI is InChI=1S/C16H24N6OS/c1-16(2,3)13-10-24-15(17-13)12-8-21(6-7-23-12)9-14-18-19-20-22(14)11-4-5-11/h10-12H,4-9H2,1-3H3/t12-/m0/s1. The Hall–Kier alpha value is -1.38. The molecule has 1 aliphatic carbocycles. The van der Waals surface area contributed by atoms with Gasteiger partial charge < -0.3 is 4.74 Å². The van der Waals surface area contributed by atoms with Crippen molar-refractivity contribution < 1.29 is 4.74 Å². The van der Waals surface area contributed by atoms with Gasteiger partial charge in [0.1, 0.15) is 11.1 Å². The van der Waals surface area contributed by atoms with Crippen molar-refractivity contribution in [1.29, 1.82) is 0 Å². The van der Waals surface area contributed by atoms with E-state index in [0.29, 0.717) is 6.04 Å². The van der Waals surface area contributed by atoms with Gasteiger partial charge in [0, 0.05) is 23.9 Å². The first-order chi connectivity index (χ1) is 11.5. The van der Waals surface area contributed by atoms with Crippen LogP contribution in [0.4, 0.5) is 0 Å². The average Bonchev–Trinajstić information content (AvgIpc) is 3.08. The van der Waals surface area contributed by atoms with E-state index in [9.17, 15) is 0 Å². The van der Waals surface area contributed by atoms with Crippen molar-refractivity contribution in [1.82, 2.24) is 30.1 Å². The van der Waals surface area contributed by atoms with Gasteiger partial charge in [0.2, 0.25) is 0 Å². The Kier molecular flexibility index (Phi) is 4.14. The molecule has 0 radical (unpaired) electrons.